The summed E-state index contributed by atoms with van der Waals surface area (Å²) in [5, 5.41) is 0. The first-order chi connectivity index (χ1) is 8.94. The Labute approximate surface area is 116 Å². The van der Waals surface area contributed by atoms with Crippen molar-refractivity contribution in [1.29, 1.82) is 0 Å². The van der Waals surface area contributed by atoms with Gasteiger partial charge in [0, 0.05) is 31.0 Å². The molecule has 0 fully saturated rings. The van der Waals surface area contributed by atoms with Crippen LogP contribution in [0.5, 0.6) is 0 Å². The Kier molecular flexibility index (Phi) is 6.03. The second kappa shape index (κ2) is 7.07. The van der Waals surface area contributed by atoms with Gasteiger partial charge in [0.2, 0.25) is 10.0 Å². The number of sulfonamides is 1. The van der Waals surface area contributed by atoms with Crippen LogP contribution in [0.4, 0.5) is 0 Å². The van der Waals surface area contributed by atoms with Crippen LogP contribution in [0.1, 0.15) is 45.7 Å². The van der Waals surface area contributed by atoms with E-state index < -0.39 is 10.0 Å². The maximum atomic E-state index is 12.2. The SMILES string of the molecule is CCCC(C)NS(=O)(=O)c1cc(CN)n(CCC)c1. The Morgan fingerprint density at radius 3 is 2.58 bits per heavy atom. The Balaban J connectivity index is 2.95. The lowest BCUT2D eigenvalue weighted by molar-refractivity contribution is 0.543. The van der Waals surface area contributed by atoms with Crippen LogP contribution in [-0.2, 0) is 23.1 Å². The summed E-state index contributed by atoms with van der Waals surface area (Å²) >= 11 is 0. The van der Waals surface area contributed by atoms with E-state index in [0.29, 0.717) is 11.4 Å². The molecule has 1 atom stereocenters. The van der Waals surface area contributed by atoms with Gasteiger partial charge in [-0.2, -0.15) is 0 Å². The van der Waals surface area contributed by atoms with Gasteiger partial charge < -0.3 is 10.3 Å². The molecule has 6 heteroatoms. The number of hydrogen-bond acceptors (Lipinski definition) is 3. The zero-order valence-corrected chi connectivity index (χ0v) is 12.8. The first-order valence-corrected chi connectivity index (χ1v) is 8.34. The number of nitrogens with zero attached hydrogens (tertiary/aromatic N) is 1. The highest BCUT2D eigenvalue weighted by molar-refractivity contribution is 7.89. The van der Waals surface area contributed by atoms with Crippen LogP contribution in [0, 0.1) is 0 Å². The number of hydrogen-bond donors (Lipinski definition) is 2. The van der Waals surface area contributed by atoms with Gasteiger partial charge in [-0.3, -0.25) is 0 Å². The van der Waals surface area contributed by atoms with Gasteiger partial charge in [-0.15, -0.1) is 0 Å². The van der Waals surface area contributed by atoms with E-state index in [-0.39, 0.29) is 6.04 Å². The van der Waals surface area contributed by atoms with Crippen molar-refractivity contribution in [2.75, 3.05) is 0 Å². The van der Waals surface area contributed by atoms with Crippen molar-refractivity contribution in [3.63, 3.8) is 0 Å². The largest absolute Gasteiger partial charge is 0.349 e. The molecule has 0 saturated heterocycles. The molecule has 5 nitrogen and oxygen atoms in total. The number of nitrogens with two attached hydrogens (primary N) is 1. The third-order valence-electron chi connectivity index (χ3n) is 3.02. The van der Waals surface area contributed by atoms with E-state index in [2.05, 4.69) is 11.6 Å². The van der Waals surface area contributed by atoms with Crippen molar-refractivity contribution < 1.29 is 8.42 Å². The number of nitrogens with one attached hydrogen (secondary N) is 1. The zero-order valence-electron chi connectivity index (χ0n) is 12.0. The molecule has 1 heterocycles. The van der Waals surface area contributed by atoms with E-state index in [1.165, 1.54) is 0 Å². The molecule has 1 rings (SSSR count). The molecule has 0 aliphatic heterocycles. The third kappa shape index (κ3) is 4.33. The van der Waals surface area contributed by atoms with E-state index in [0.717, 1.165) is 31.5 Å². The minimum atomic E-state index is -3.44. The van der Waals surface area contributed by atoms with Crippen molar-refractivity contribution in [2.45, 2.75) is 64.1 Å². The topological polar surface area (TPSA) is 77.1 Å². The normalized spacial score (nSPS) is 13.7. The predicted molar refractivity (Wildman–Crippen MR) is 77.3 cm³/mol. The van der Waals surface area contributed by atoms with Crippen molar-refractivity contribution >= 4 is 10.0 Å². The van der Waals surface area contributed by atoms with Crippen molar-refractivity contribution in [2.24, 2.45) is 5.73 Å². The molecule has 110 valence electrons. The van der Waals surface area contributed by atoms with Crippen molar-refractivity contribution in [3.05, 3.63) is 18.0 Å². The van der Waals surface area contributed by atoms with Gasteiger partial charge >= 0.3 is 0 Å². The molecule has 19 heavy (non-hydrogen) atoms. The quantitative estimate of drug-likeness (QED) is 0.765. The fraction of sp³-hybridized carbons (Fsp3) is 0.692. The second-order valence-electron chi connectivity index (χ2n) is 4.88. The fourth-order valence-corrected chi connectivity index (χ4v) is 3.46. The summed E-state index contributed by atoms with van der Waals surface area (Å²) in [5.41, 5.74) is 6.50. The molecule has 3 N–H and O–H groups in total. The average molecular weight is 287 g/mol. The molecule has 1 unspecified atom stereocenters. The molecule has 0 amide bonds. The number of aromatic nitrogens is 1. The molecule has 1 aromatic rings. The van der Waals surface area contributed by atoms with Gasteiger partial charge in [-0.1, -0.05) is 20.3 Å². The van der Waals surface area contributed by atoms with Crippen LogP contribution in [0.15, 0.2) is 17.2 Å². The van der Waals surface area contributed by atoms with Gasteiger partial charge in [0.25, 0.3) is 0 Å². The zero-order chi connectivity index (χ0) is 14.5. The van der Waals surface area contributed by atoms with Crippen LogP contribution in [0.3, 0.4) is 0 Å². The van der Waals surface area contributed by atoms with E-state index in [1.807, 2.05) is 18.4 Å². The summed E-state index contributed by atoms with van der Waals surface area (Å²) in [7, 11) is -3.44. The van der Waals surface area contributed by atoms with Crippen LogP contribution in [-0.4, -0.2) is 19.0 Å². The molecular formula is C13H25N3O2S. The monoisotopic (exact) mass is 287 g/mol. The summed E-state index contributed by atoms with van der Waals surface area (Å²) in [6.07, 6.45) is 4.40. The van der Waals surface area contributed by atoms with Gasteiger partial charge in [0.1, 0.15) is 0 Å². The molecule has 0 aliphatic rings. The maximum Gasteiger partial charge on any atom is 0.242 e. The molecule has 0 bridgehead atoms. The van der Waals surface area contributed by atoms with Gasteiger partial charge in [-0.25, -0.2) is 13.1 Å². The molecular weight excluding hydrogens is 262 g/mol. The highest BCUT2D eigenvalue weighted by Crippen LogP contribution is 2.15. The third-order valence-corrected chi connectivity index (χ3v) is 4.58. The van der Waals surface area contributed by atoms with Crippen LogP contribution >= 0.6 is 0 Å². The summed E-state index contributed by atoms with van der Waals surface area (Å²) in [6.45, 7) is 7.10. The Morgan fingerprint density at radius 1 is 1.37 bits per heavy atom. The van der Waals surface area contributed by atoms with Crippen molar-refractivity contribution in [1.82, 2.24) is 9.29 Å². The van der Waals surface area contributed by atoms with Crippen LogP contribution < -0.4 is 10.5 Å². The van der Waals surface area contributed by atoms with Crippen LogP contribution in [0.25, 0.3) is 0 Å². The Bertz CT molecular complexity index is 494. The molecule has 0 aromatic carbocycles. The van der Waals surface area contributed by atoms with Crippen molar-refractivity contribution in [3.8, 4) is 0 Å². The second-order valence-corrected chi connectivity index (χ2v) is 6.59. The Morgan fingerprint density at radius 2 is 2.05 bits per heavy atom. The average Bonchev–Trinajstić information content (AvgIpc) is 2.73. The van der Waals surface area contributed by atoms with E-state index in [4.69, 9.17) is 5.73 Å². The Hall–Kier alpha value is -0.850. The summed E-state index contributed by atoms with van der Waals surface area (Å²) in [5.74, 6) is 0. The summed E-state index contributed by atoms with van der Waals surface area (Å²) in [4.78, 5) is 0.310. The predicted octanol–water partition coefficient (Wildman–Crippen LogP) is 1.82. The van der Waals surface area contributed by atoms with Gasteiger partial charge in [0.15, 0.2) is 0 Å². The highest BCUT2D eigenvalue weighted by atomic mass is 32.2. The lowest BCUT2D eigenvalue weighted by Crippen LogP contribution is -2.32. The molecule has 0 aliphatic carbocycles. The van der Waals surface area contributed by atoms with Gasteiger partial charge in [-0.05, 0) is 25.8 Å². The van der Waals surface area contributed by atoms with E-state index in [1.54, 1.807) is 12.3 Å². The lowest BCUT2D eigenvalue weighted by Gasteiger charge is -2.12. The van der Waals surface area contributed by atoms with E-state index in [9.17, 15) is 8.42 Å². The van der Waals surface area contributed by atoms with Crippen LogP contribution in [0.2, 0.25) is 0 Å². The number of rotatable bonds is 8. The minimum Gasteiger partial charge on any atom is -0.349 e. The lowest BCUT2D eigenvalue weighted by atomic mass is 10.2. The molecule has 0 radical (unpaired) electrons. The van der Waals surface area contributed by atoms with Gasteiger partial charge in [0.05, 0.1) is 4.90 Å². The molecule has 0 spiro atoms. The highest BCUT2D eigenvalue weighted by Gasteiger charge is 2.19. The molecule has 0 saturated carbocycles. The first kappa shape index (κ1) is 16.2. The van der Waals surface area contributed by atoms with E-state index >= 15 is 0 Å². The summed E-state index contributed by atoms with van der Waals surface area (Å²) < 4.78 is 29.1. The maximum absolute atomic E-state index is 12.2. The first-order valence-electron chi connectivity index (χ1n) is 6.86. The fourth-order valence-electron chi connectivity index (χ4n) is 2.12. The smallest absolute Gasteiger partial charge is 0.242 e. The minimum absolute atomic E-state index is 0.0501. The summed E-state index contributed by atoms with van der Waals surface area (Å²) in [6, 6.07) is 1.61. The standard InChI is InChI=1S/C13H25N3O2S/c1-4-6-11(3)15-19(17,18)13-8-12(9-14)16(10-13)7-5-2/h8,10-11,15H,4-7,9,14H2,1-3H3. The molecule has 1 aromatic heterocycles. The number of aryl methyl sites for hydroxylation is 1.